The van der Waals surface area contributed by atoms with Gasteiger partial charge in [0.2, 0.25) is 5.91 Å². The number of hydrogen-bond acceptors (Lipinski definition) is 6. The van der Waals surface area contributed by atoms with Gasteiger partial charge in [-0.05, 0) is 49.3 Å². The minimum Gasteiger partial charge on any atom is -0.376 e. The molecule has 6 nitrogen and oxygen atoms in total. The van der Waals surface area contributed by atoms with Crippen molar-refractivity contribution in [2.45, 2.75) is 44.5 Å². The van der Waals surface area contributed by atoms with E-state index < -0.39 is 0 Å². The van der Waals surface area contributed by atoms with Crippen LogP contribution in [0.5, 0.6) is 0 Å². The van der Waals surface area contributed by atoms with Gasteiger partial charge in [-0.2, -0.15) is 0 Å². The molecule has 4 rings (SSSR count). The minimum atomic E-state index is -0.0447. The lowest BCUT2D eigenvalue weighted by Crippen LogP contribution is -2.18. The van der Waals surface area contributed by atoms with Crippen LogP contribution >= 0.6 is 23.1 Å². The van der Waals surface area contributed by atoms with Gasteiger partial charge in [-0.3, -0.25) is 9.36 Å². The van der Waals surface area contributed by atoms with Gasteiger partial charge in [0.25, 0.3) is 0 Å². The largest absolute Gasteiger partial charge is 0.376 e. The molecule has 1 N–H and O–H groups in total. The number of nitrogens with zero attached hydrogens (tertiary/aromatic N) is 3. The summed E-state index contributed by atoms with van der Waals surface area (Å²) >= 11 is 3.05. The van der Waals surface area contributed by atoms with Gasteiger partial charge in [0.05, 0.1) is 23.3 Å². The van der Waals surface area contributed by atoms with E-state index in [1.54, 1.807) is 11.3 Å². The predicted molar refractivity (Wildman–Crippen MR) is 118 cm³/mol. The van der Waals surface area contributed by atoms with E-state index in [1.165, 1.54) is 11.8 Å². The molecule has 0 radical (unpaired) electrons. The van der Waals surface area contributed by atoms with Crippen molar-refractivity contribution in [1.82, 2.24) is 14.8 Å². The molecule has 1 aliphatic rings. The van der Waals surface area contributed by atoms with Crippen molar-refractivity contribution in [1.29, 1.82) is 0 Å². The van der Waals surface area contributed by atoms with Crippen LogP contribution in [0.15, 0.2) is 40.9 Å². The van der Waals surface area contributed by atoms with E-state index in [4.69, 9.17) is 4.74 Å². The zero-order chi connectivity index (χ0) is 20.2. The summed E-state index contributed by atoms with van der Waals surface area (Å²) in [5.41, 5.74) is 3.01. The van der Waals surface area contributed by atoms with Crippen LogP contribution in [0.25, 0.3) is 10.7 Å². The van der Waals surface area contributed by atoms with Crippen molar-refractivity contribution in [3.8, 4) is 10.7 Å². The first-order valence-electron chi connectivity index (χ1n) is 9.69. The maximum atomic E-state index is 12.6. The first-order chi connectivity index (χ1) is 14.1. The van der Waals surface area contributed by atoms with Gasteiger partial charge in [0, 0.05) is 12.3 Å². The number of ether oxygens (including phenoxy) is 1. The first kappa shape index (κ1) is 20.1. The molecule has 29 heavy (non-hydrogen) atoms. The molecule has 0 aliphatic carbocycles. The predicted octanol–water partition coefficient (Wildman–Crippen LogP) is 4.53. The fraction of sp³-hybridized carbons (Fsp3) is 0.381. The van der Waals surface area contributed by atoms with Crippen molar-refractivity contribution in [2.24, 2.45) is 0 Å². The van der Waals surface area contributed by atoms with Crippen LogP contribution in [-0.4, -0.2) is 39.1 Å². The highest BCUT2D eigenvalue weighted by atomic mass is 32.2. The zero-order valence-corrected chi connectivity index (χ0v) is 18.2. The summed E-state index contributed by atoms with van der Waals surface area (Å²) in [6.45, 7) is 5.52. The zero-order valence-electron chi connectivity index (χ0n) is 16.6. The molecule has 1 aliphatic heterocycles. The number of aromatic nitrogens is 3. The number of thiophene rings is 1. The van der Waals surface area contributed by atoms with Gasteiger partial charge in [0.15, 0.2) is 11.0 Å². The van der Waals surface area contributed by atoms with E-state index in [-0.39, 0.29) is 17.8 Å². The van der Waals surface area contributed by atoms with Crippen LogP contribution in [0.1, 0.15) is 24.0 Å². The smallest absolute Gasteiger partial charge is 0.234 e. The fourth-order valence-corrected chi connectivity index (χ4v) is 4.92. The molecule has 3 aromatic rings. The highest BCUT2D eigenvalue weighted by Crippen LogP contribution is 2.29. The van der Waals surface area contributed by atoms with Gasteiger partial charge in [-0.1, -0.05) is 36.0 Å². The van der Waals surface area contributed by atoms with E-state index in [2.05, 4.69) is 20.1 Å². The number of anilines is 1. The minimum absolute atomic E-state index is 0.0447. The van der Waals surface area contributed by atoms with Crippen LogP contribution in [0.4, 0.5) is 5.69 Å². The van der Waals surface area contributed by atoms with E-state index in [9.17, 15) is 4.79 Å². The Bertz CT molecular complexity index is 958. The average molecular weight is 429 g/mol. The number of rotatable bonds is 7. The van der Waals surface area contributed by atoms with Crippen molar-refractivity contribution in [3.05, 3.63) is 46.8 Å². The Morgan fingerprint density at radius 2 is 2.10 bits per heavy atom. The van der Waals surface area contributed by atoms with Crippen LogP contribution < -0.4 is 5.32 Å². The number of benzene rings is 1. The monoisotopic (exact) mass is 428 g/mol. The molecule has 0 spiro atoms. The first-order valence-corrected chi connectivity index (χ1v) is 11.6. The Balaban J connectivity index is 1.48. The average Bonchev–Trinajstić information content (AvgIpc) is 3.46. The third-order valence-electron chi connectivity index (χ3n) is 4.95. The lowest BCUT2D eigenvalue weighted by Gasteiger charge is -2.14. The molecule has 1 saturated heterocycles. The maximum Gasteiger partial charge on any atom is 0.234 e. The number of thioether (sulfide) groups is 1. The molecule has 1 aromatic carbocycles. The molecule has 0 bridgehead atoms. The summed E-state index contributed by atoms with van der Waals surface area (Å²) in [6.07, 6.45) is 2.30. The topological polar surface area (TPSA) is 69.0 Å². The second-order valence-corrected chi connectivity index (χ2v) is 9.02. The second-order valence-electron chi connectivity index (χ2n) is 7.13. The van der Waals surface area contributed by atoms with Gasteiger partial charge in [0.1, 0.15) is 0 Å². The third kappa shape index (κ3) is 4.71. The molecule has 3 heterocycles. The highest BCUT2D eigenvalue weighted by molar-refractivity contribution is 7.99. The molecular weight excluding hydrogens is 404 g/mol. The van der Waals surface area contributed by atoms with Crippen LogP contribution in [0.2, 0.25) is 0 Å². The van der Waals surface area contributed by atoms with Crippen molar-refractivity contribution >= 4 is 34.7 Å². The normalized spacial score (nSPS) is 16.3. The number of para-hydroxylation sites is 1. The molecule has 2 aromatic heterocycles. The van der Waals surface area contributed by atoms with Crippen LogP contribution in [-0.2, 0) is 16.1 Å². The summed E-state index contributed by atoms with van der Waals surface area (Å²) in [7, 11) is 0. The molecular formula is C21H24N4O2S2. The molecule has 1 amide bonds. The summed E-state index contributed by atoms with van der Waals surface area (Å²) < 4.78 is 7.92. The molecule has 1 fully saturated rings. The summed E-state index contributed by atoms with van der Waals surface area (Å²) in [5, 5.41) is 14.6. The summed E-state index contributed by atoms with van der Waals surface area (Å²) in [4.78, 5) is 13.6. The van der Waals surface area contributed by atoms with Crippen molar-refractivity contribution < 1.29 is 9.53 Å². The quantitative estimate of drug-likeness (QED) is 0.560. The Morgan fingerprint density at radius 1 is 1.28 bits per heavy atom. The van der Waals surface area contributed by atoms with Gasteiger partial charge in [-0.15, -0.1) is 21.5 Å². The molecule has 1 unspecified atom stereocenters. The molecule has 8 heteroatoms. The molecule has 1 atom stereocenters. The highest BCUT2D eigenvalue weighted by Gasteiger charge is 2.22. The van der Waals surface area contributed by atoms with E-state index >= 15 is 0 Å². The van der Waals surface area contributed by atoms with Crippen LogP contribution in [0, 0.1) is 13.8 Å². The van der Waals surface area contributed by atoms with Crippen LogP contribution in [0.3, 0.4) is 0 Å². The Morgan fingerprint density at radius 3 is 2.79 bits per heavy atom. The summed E-state index contributed by atoms with van der Waals surface area (Å²) in [6, 6.07) is 10.1. The number of carbonyl (C=O) groups excluding carboxylic acids is 1. The van der Waals surface area contributed by atoms with E-state index in [0.29, 0.717) is 6.54 Å². The Kier molecular flexibility index (Phi) is 6.32. The number of hydrogen-bond donors (Lipinski definition) is 1. The van der Waals surface area contributed by atoms with E-state index in [1.807, 2.05) is 49.6 Å². The lowest BCUT2D eigenvalue weighted by atomic mass is 10.1. The molecule has 0 saturated carbocycles. The second kappa shape index (κ2) is 9.11. The van der Waals surface area contributed by atoms with Crippen molar-refractivity contribution in [3.63, 3.8) is 0 Å². The number of aryl methyl sites for hydroxylation is 2. The number of amides is 1. The molecule has 152 valence electrons. The lowest BCUT2D eigenvalue weighted by molar-refractivity contribution is -0.113. The van der Waals surface area contributed by atoms with Gasteiger partial charge in [-0.25, -0.2) is 0 Å². The van der Waals surface area contributed by atoms with Gasteiger partial charge < -0.3 is 10.1 Å². The van der Waals surface area contributed by atoms with Crippen molar-refractivity contribution in [2.75, 3.05) is 17.7 Å². The van der Waals surface area contributed by atoms with Gasteiger partial charge >= 0.3 is 0 Å². The third-order valence-corrected chi connectivity index (χ3v) is 6.78. The maximum absolute atomic E-state index is 12.6. The number of carbonyl (C=O) groups is 1. The Labute approximate surface area is 178 Å². The number of nitrogens with one attached hydrogen (secondary N) is 1. The SMILES string of the molecule is Cc1cccc(C)c1NC(=O)CSc1nnc(-c2cccs2)n1CC1CCCO1. The summed E-state index contributed by atoms with van der Waals surface area (Å²) in [5.74, 6) is 1.08. The van der Waals surface area contributed by atoms with E-state index in [0.717, 1.165) is 52.1 Å². The Hall–Kier alpha value is -2.16. The standard InChI is InChI=1S/C21H24N4O2S2/c1-14-6-3-7-15(2)19(14)22-18(26)13-29-21-24-23-20(17-9-5-11-28-17)25(21)12-16-8-4-10-27-16/h3,5-7,9,11,16H,4,8,10,12-13H2,1-2H3,(H,22,26). The fourth-order valence-electron chi connectivity index (χ4n) is 3.46.